The van der Waals surface area contributed by atoms with Crippen molar-refractivity contribution >= 4 is 39.0 Å². The van der Waals surface area contributed by atoms with E-state index in [0.29, 0.717) is 49.0 Å². The summed E-state index contributed by atoms with van der Waals surface area (Å²) in [6.45, 7) is 7.87. The maximum absolute atomic E-state index is 12.6. The highest BCUT2D eigenvalue weighted by Crippen LogP contribution is 2.40. The first-order chi connectivity index (χ1) is 17.5. The molecule has 3 aromatic heterocycles. The SMILES string of the molecule is CCCOC1(c2sc(NC(=O)CCNc3nccc4ccc(-c5noc(C)n5)cc34)nc2C)COC1. The highest BCUT2D eigenvalue weighted by molar-refractivity contribution is 7.16. The van der Waals surface area contributed by atoms with Gasteiger partial charge in [0.1, 0.15) is 5.82 Å². The predicted octanol–water partition coefficient (Wildman–Crippen LogP) is 4.45. The number of anilines is 2. The Labute approximate surface area is 212 Å². The minimum absolute atomic E-state index is 0.126. The minimum atomic E-state index is -0.443. The zero-order chi connectivity index (χ0) is 25.1. The molecule has 10 nitrogen and oxygen atoms in total. The van der Waals surface area contributed by atoms with Crippen molar-refractivity contribution in [2.24, 2.45) is 0 Å². The monoisotopic (exact) mass is 508 g/mol. The number of aromatic nitrogens is 4. The van der Waals surface area contributed by atoms with Gasteiger partial charge in [0.05, 0.1) is 23.8 Å². The Kier molecular flexibility index (Phi) is 6.95. The Hall–Kier alpha value is -3.41. The van der Waals surface area contributed by atoms with Crippen LogP contribution in [0.1, 0.15) is 36.2 Å². The Morgan fingerprint density at radius 1 is 1.22 bits per heavy atom. The number of nitrogens with one attached hydrogen (secondary N) is 2. The second-order valence-corrected chi connectivity index (χ2v) is 9.73. The third-order valence-corrected chi connectivity index (χ3v) is 7.16. The fourth-order valence-electron chi connectivity index (χ4n) is 4.08. The summed E-state index contributed by atoms with van der Waals surface area (Å²) in [4.78, 5) is 27.0. The summed E-state index contributed by atoms with van der Waals surface area (Å²) in [6, 6.07) is 7.84. The Morgan fingerprint density at radius 2 is 2.08 bits per heavy atom. The highest BCUT2D eigenvalue weighted by Gasteiger charge is 2.44. The number of amides is 1. The molecule has 2 N–H and O–H groups in total. The fraction of sp³-hybridized carbons (Fsp3) is 0.400. The van der Waals surface area contributed by atoms with Crippen molar-refractivity contribution in [3.63, 3.8) is 0 Å². The summed E-state index contributed by atoms with van der Waals surface area (Å²) in [5.74, 6) is 1.60. The van der Waals surface area contributed by atoms with Crippen LogP contribution in [0.15, 0.2) is 35.0 Å². The van der Waals surface area contributed by atoms with Gasteiger partial charge in [-0.05, 0) is 30.9 Å². The summed E-state index contributed by atoms with van der Waals surface area (Å²) in [5, 5.41) is 12.7. The largest absolute Gasteiger partial charge is 0.374 e. The molecule has 1 saturated heterocycles. The molecule has 0 spiro atoms. The van der Waals surface area contributed by atoms with Gasteiger partial charge in [0.2, 0.25) is 17.6 Å². The van der Waals surface area contributed by atoms with Gasteiger partial charge in [-0.25, -0.2) is 9.97 Å². The van der Waals surface area contributed by atoms with Crippen LogP contribution in [0.2, 0.25) is 0 Å². The zero-order valence-corrected chi connectivity index (χ0v) is 21.3. The van der Waals surface area contributed by atoms with Gasteiger partial charge in [0.25, 0.3) is 0 Å². The van der Waals surface area contributed by atoms with Crippen LogP contribution in [0.25, 0.3) is 22.2 Å². The van der Waals surface area contributed by atoms with Gasteiger partial charge < -0.3 is 24.6 Å². The third kappa shape index (κ3) is 4.95. The van der Waals surface area contributed by atoms with Gasteiger partial charge in [-0.3, -0.25) is 4.79 Å². The first-order valence-electron chi connectivity index (χ1n) is 11.9. The van der Waals surface area contributed by atoms with Gasteiger partial charge in [-0.1, -0.05) is 35.5 Å². The molecule has 188 valence electrons. The molecule has 4 aromatic rings. The molecule has 0 aliphatic carbocycles. The van der Waals surface area contributed by atoms with E-state index in [-0.39, 0.29) is 12.3 Å². The molecule has 1 aliphatic heterocycles. The van der Waals surface area contributed by atoms with Gasteiger partial charge in [-0.2, -0.15) is 4.98 Å². The van der Waals surface area contributed by atoms with Crippen molar-refractivity contribution in [1.82, 2.24) is 20.1 Å². The topological polar surface area (TPSA) is 124 Å². The zero-order valence-electron chi connectivity index (χ0n) is 20.5. The quantitative estimate of drug-likeness (QED) is 0.320. The smallest absolute Gasteiger partial charge is 0.227 e. The lowest BCUT2D eigenvalue weighted by atomic mass is 9.98. The first-order valence-corrected chi connectivity index (χ1v) is 12.7. The fourth-order valence-corrected chi connectivity index (χ4v) is 5.18. The number of benzene rings is 1. The van der Waals surface area contributed by atoms with E-state index in [1.54, 1.807) is 13.1 Å². The van der Waals surface area contributed by atoms with E-state index in [1.165, 1.54) is 11.3 Å². The summed E-state index contributed by atoms with van der Waals surface area (Å²) in [6.07, 6.45) is 2.93. The van der Waals surface area contributed by atoms with E-state index < -0.39 is 5.60 Å². The molecule has 1 aromatic carbocycles. The number of nitrogens with zero attached hydrogens (tertiary/aromatic N) is 4. The molecule has 4 heterocycles. The lowest BCUT2D eigenvalue weighted by molar-refractivity contribution is -0.215. The molecule has 1 aliphatic rings. The van der Waals surface area contributed by atoms with Crippen LogP contribution in [0.4, 0.5) is 10.9 Å². The number of carbonyl (C=O) groups is 1. The molecule has 36 heavy (non-hydrogen) atoms. The summed E-state index contributed by atoms with van der Waals surface area (Å²) < 4.78 is 16.6. The maximum atomic E-state index is 12.6. The summed E-state index contributed by atoms with van der Waals surface area (Å²) in [5.41, 5.74) is 1.25. The lowest BCUT2D eigenvalue weighted by Crippen LogP contribution is -2.49. The van der Waals surface area contributed by atoms with Gasteiger partial charge >= 0.3 is 0 Å². The molecule has 0 bridgehead atoms. The molecule has 11 heteroatoms. The van der Waals surface area contributed by atoms with Crippen LogP contribution in [-0.4, -0.2) is 52.4 Å². The van der Waals surface area contributed by atoms with E-state index in [9.17, 15) is 4.79 Å². The van der Waals surface area contributed by atoms with Crippen molar-refractivity contribution < 1.29 is 18.8 Å². The number of hydrogen-bond acceptors (Lipinski definition) is 10. The first kappa shape index (κ1) is 24.3. The highest BCUT2D eigenvalue weighted by atomic mass is 32.1. The molecule has 0 saturated carbocycles. The maximum Gasteiger partial charge on any atom is 0.227 e. The molecule has 5 rings (SSSR count). The third-order valence-electron chi connectivity index (χ3n) is 5.91. The normalized spacial score (nSPS) is 14.5. The molecule has 0 atom stereocenters. The van der Waals surface area contributed by atoms with Gasteiger partial charge in [-0.15, -0.1) is 0 Å². The van der Waals surface area contributed by atoms with Crippen molar-refractivity contribution in [1.29, 1.82) is 0 Å². The number of carbonyl (C=O) groups excluding carboxylic acids is 1. The Bertz CT molecular complexity index is 1380. The van der Waals surface area contributed by atoms with E-state index in [2.05, 4.69) is 37.7 Å². The van der Waals surface area contributed by atoms with Crippen molar-refractivity contribution in [2.75, 3.05) is 37.0 Å². The second kappa shape index (κ2) is 10.3. The van der Waals surface area contributed by atoms with Crippen molar-refractivity contribution in [2.45, 2.75) is 39.2 Å². The minimum Gasteiger partial charge on any atom is -0.374 e. The predicted molar refractivity (Wildman–Crippen MR) is 137 cm³/mol. The molecule has 0 unspecified atom stereocenters. The van der Waals surface area contributed by atoms with Crippen LogP contribution in [0.5, 0.6) is 0 Å². The molecular weight excluding hydrogens is 480 g/mol. The number of rotatable bonds is 10. The number of fused-ring (bicyclic) bond motifs is 1. The summed E-state index contributed by atoms with van der Waals surface area (Å²) >= 11 is 1.45. The van der Waals surface area contributed by atoms with Crippen LogP contribution in [0, 0.1) is 13.8 Å². The molecule has 1 amide bonds. The average molecular weight is 509 g/mol. The van der Waals surface area contributed by atoms with Gasteiger partial charge in [0, 0.05) is 43.6 Å². The molecule has 1 fully saturated rings. The number of aryl methyl sites for hydroxylation is 2. The Balaban J connectivity index is 1.22. The molecular formula is C25H28N6O4S. The van der Waals surface area contributed by atoms with Crippen LogP contribution < -0.4 is 10.6 Å². The van der Waals surface area contributed by atoms with E-state index in [4.69, 9.17) is 14.0 Å². The van der Waals surface area contributed by atoms with Crippen molar-refractivity contribution in [3.8, 4) is 11.4 Å². The van der Waals surface area contributed by atoms with Crippen molar-refractivity contribution in [3.05, 3.63) is 46.9 Å². The van der Waals surface area contributed by atoms with E-state index in [0.717, 1.165) is 33.3 Å². The summed E-state index contributed by atoms with van der Waals surface area (Å²) in [7, 11) is 0. The number of pyridine rings is 1. The van der Waals surface area contributed by atoms with Crippen LogP contribution in [-0.2, 0) is 19.9 Å². The van der Waals surface area contributed by atoms with Crippen LogP contribution in [0.3, 0.4) is 0 Å². The molecule has 0 radical (unpaired) electrons. The van der Waals surface area contributed by atoms with Crippen LogP contribution >= 0.6 is 11.3 Å². The Morgan fingerprint density at radius 3 is 2.81 bits per heavy atom. The number of ether oxygens (including phenoxy) is 2. The second-order valence-electron chi connectivity index (χ2n) is 8.73. The van der Waals surface area contributed by atoms with E-state index >= 15 is 0 Å². The number of thiazole rings is 1. The lowest BCUT2D eigenvalue weighted by Gasteiger charge is -2.40. The standard InChI is InChI=1S/C25H28N6O4S/c1-4-11-34-25(13-33-14-25)21-15(2)28-24(36-21)30-20(32)8-10-27-23-19-12-18(22-29-16(3)35-31-22)6-5-17(19)7-9-26-23/h5-7,9,12H,4,8,10-11,13-14H2,1-3H3,(H,26,27)(H,28,30,32). The van der Waals surface area contributed by atoms with Gasteiger partial charge in [0.15, 0.2) is 10.7 Å². The van der Waals surface area contributed by atoms with E-state index in [1.807, 2.05) is 31.2 Å². The number of hydrogen-bond donors (Lipinski definition) is 2. The average Bonchev–Trinajstić information content (AvgIpc) is 3.44.